The Morgan fingerprint density at radius 3 is 2.69 bits per heavy atom. The van der Waals surface area contributed by atoms with Crippen LogP contribution in [0.25, 0.3) is 22.1 Å². The fourth-order valence-electron chi connectivity index (χ4n) is 3.15. The van der Waals surface area contributed by atoms with Crippen LogP contribution >= 0.6 is 0 Å². The van der Waals surface area contributed by atoms with Gasteiger partial charge in [-0.1, -0.05) is 42.5 Å². The summed E-state index contributed by atoms with van der Waals surface area (Å²) in [4.78, 5) is 19.7. The molecule has 0 aliphatic heterocycles. The molecule has 6 nitrogen and oxygen atoms in total. The van der Waals surface area contributed by atoms with Gasteiger partial charge in [-0.25, -0.2) is 4.98 Å². The van der Waals surface area contributed by atoms with Crippen LogP contribution in [-0.2, 0) is 6.54 Å². The SMILES string of the molecule is O=c1[nH]c(CNC(CCO)c2ccccc2)nc2c1oc1ccccc12. The highest BCUT2D eigenvalue weighted by molar-refractivity contribution is 6.01. The van der Waals surface area contributed by atoms with Crippen molar-refractivity contribution in [2.75, 3.05) is 6.61 Å². The molecule has 2 aromatic heterocycles. The Labute approximate surface area is 149 Å². The first-order valence-corrected chi connectivity index (χ1v) is 8.56. The van der Waals surface area contributed by atoms with Gasteiger partial charge < -0.3 is 19.8 Å². The number of benzene rings is 2. The van der Waals surface area contributed by atoms with Gasteiger partial charge in [0, 0.05) is 18.0 Å². The average Bonchev–Trinajstić information content (AvgIpc) is 3.05. The number of hydrogen-bond acceptors (Lipinski definition) is 5. The molecule has 4 rings (SSSR count). The minimum atomic E-state index is -0.290. The van der Waals surface area contributed by atoms with E-state index in [0.29, 0.717) is 29.9 Å². The lowest BCUT2D eigenvalue weighted by Gasteiger charge is -2.18. The van der Waals surface area contributed by atoms with Gasteiger partial charge in [-0.3, -0.25) is 4.79 Å². The Bertz CT molecular complexity index is 1090. The summed E-state index contributed by atoms with van der Waals surface area (Å²) >= 11 is 0. The lowest BCUT2D eigenvalue weighted by Crippen LogP contribution is -2.24. The summed E-state index contributed by atoms with van der Waals surface area (Å²) in [7, 11) is 0. The van der Waals surface area contributed by atoms with Gasteiger partial charge in [0.2, 0.25) is 5.58 Å². The molecule has 3 N–H and O–H groups in total. The molecule has 0 saturated heterocycles. The Balaban J connectivity index is 1.64. The molecule has 0 bridgehead atoms. The second kappa shape index (κ2) is 7.11. The van der Waals surface area contributed by atoms with Crippen LogP contribution in [0, 0.1) is 0 Å². The van der Waals surface area contributed by atoms with Crippen molar-refractivity contribution in [3.8, 4) is 0 Å². The first kappa shape index (κ1) is 16.5. The standard InChI is InChI=1S/C20H19N3O3/c24-11-10-15(13-6-2-1-3-7-13)21-12-17-22-18-14-8-4-5-9-16(14)26-19(18)20(25)23-17/h1-9,15,21,24H,10-12H2,(H,22,23,25). The molecule has 6 heteroatoms. The van der Waals surface area contributed by atoms with E-state index in [4.69, 9.17) is 4.42 Å². The molecule has 0 saturated carbocycles. The molecule has 2 aromatic carbocycles. The number of aliphatic hydroxyl groups excluding tert-OH is 1. The maximum Gasteiger partial charge on any atom is 0.294 e. The number of fused-ring (bicyclic) bond motifs is 3. The highest BCUT2D eigenvalue weighted by atomic mass is 16.3. The van der Waals surface area contributed by atoms with Crippen molar-refractivity contribution in [3.05, 3.63) is 76.3 Å². The first-order chi connectivity index (χ1) is 12.8. The van der Waals surface area contributed by atoms with Crippen LogP contribution in [0.5, 0.6) is 0 Å². The number of hydrogen-bond donors (Lipinski definition) is 3. The zero-order valence-corrected chi connectivity index (χ0v) is 14.1. The topological polar surface area (TPSA) is 91.2 Å². The normalized spacial score (nSPS) is 12.7. The van der Waals surface area contributed by atoms with E-state index in [0.717, 1.165) is 10.9 Å². The van der Waals surface area contributed by atoms with E-state index >= 15 is 0 Å². The van der Waals surface area contributed by atoms with Gasteiger partial charge in [-0.05, 0) is 24.1 Å². The third kappa shape index (κ3) is 3.12. The average molecular weight is 349 g/mol. The monoisotopic (exact) mass is 349 g/mol. The molecule has 0 aliphatic rings. The number of para-hydroxylation sites is 1. The molecule has 26 heavy (non-hydrogen) atoms. The van der Waals surface area contributed by atoms with Crippen LogP contribution in [-0.4, -0.2) is 21.7 Å². The van der Waals surface area contributed by atoms with Crippen molar-refractivity contribution in [1.82, 2.24) is 15.3 Å². The largest absolute Gasteiger partial charge is 0.449 e. The summed E-state index contributed by atoms with van der Waals surface area (Å²) in [6.07, 6.45) is 0.575. The lowest BCUT2D eigenvalue weighted by molar-refractivity contribution is 0.264. The van der Waals surface area contributed by atoms with Crippen molar-refractivity contribution in [1.29, 1.82) is 0 Å². The second-order valence-electron chi connectivity index (χ2n) is 6.15. The number of furan rings is 1. The van der Waals surface area contributed by atoms with Crippen LogP contribution in [0.4, 0.5) is 0 Å². The van der Waals surface area contributed by atoms with E-state index in [1.165, 1.54) is 0 Å². The summed E-state index contributed by atoms with van der Waals surface area (Å²) in [6.45, 7) is 0.451. The molecule has 0 fully saturated rings. The molecule has 1 atom stereocenters. The van der Waals surface area contributed by atoms with E-state index in [1.54, 1.807) is 0 Å². The molecule has 1 unspecified atom stereocenters. The summed E-state index contributed by atoms with van der Waals surface area (Å²) in [5, 5.41) is 13.5. The molecule has 4 aromatic rings. The zero-order valence-electron chi connectivity index (χ0n) is 14.1. The highest BCUT2D eigenvalue weighted by Crippen LogP contribution is 2.24. The van der Waals surface area contributed by atoms with Crippen LogP contribution in [0.2, 0.25) is 0 Å². The Morgan fingerprint density at radius 1 is 1.12 bits per heavy atom. The molecule has 0 radical (unpaired) electrons. The van der Waals surface area contributed by atoms with E-state index in [1.807, 2.05) is 54.6 Å². The fourth-order valence-corrected chi connectivity index (χ4v) is 3.15. The number of nitrogens with zero attached hydrogens (tertiary/aromatic N) is 1. The minimum Gasteiger partial charge on any atom is -0.449 e. The summed E-state index contributed by atoms with van der Waals surface area (Å²) in [5.74, 6) is 0.535. The van der Waals surface area contributed by atoms with Crippen LogP contribution in [0.1, 0.15) is 23.9 Å². The third-order valence-electron chi connectivity index (χ3n) is 4.42. The minimum absolute atomic E-state index is 0.0247. The predicted octanol–water partition coefficient (Wildman–Crippen LogP) is 2.88. The summed E-state index contributed by atoms with van der Waals surface area (Å²) < 4.78 is 5.61. The van der Waals surface area contributed by atoms with E-state index in [-0.39, 0.29) is 23.8 Å². The Hall–Kier alpha value is -2.96. The van der Waals surface area contributed by atoms with Gasteiger partial charge in [-0.2, -0.15) is 0 Å². The summed E-state index contributed by atoms with van der Waals surface area (Å²) in [6, 6.07) is 17.3. The molecule has 132 valence electrons. The Morgan fingerprint density at radius 2 is 1.88 bits per heavy atom. The van der Waals surface area contributed by atoms with Crippen molar-refractivity contribution in [2.24, 2.45) is 0 Å². The predicted molar refractivity (Wildman–Crippen MR) is 99.9 cm³/mol. The van der Waals surface area contributed by atoms with Crippen LogP contribution < -0.4 is 10.9 Å². The van der Waals surface area contributed by atoms with Gasteiger partial charge in [0.1, 0.15) is 16.9 Å². The maximum atomic E-state index is 12.4. The number of H-pyrrole nitrogens is 1. The van der Waals surface area contributed by atoms with E-state index in [2.05, 4.69) is 15.3 Å². The smallest absolute Gasteiger partial charge is 0.294 e. The number of aliphatic hydroxyl groups is 1. The quantitative estimate of drug-likeness (QED) is 0.498. The maximum absolute atomic E-state index is 12.4. The van der Waals surface area contributed by atoms with Gasteiger partial charge >= 0.3 is 0 Å². The van der Waals surface area contributed by atoms with Crippen molar-refractivity contribution in [2.45, 2.75) is 19.0 Å². The zero-order chi connectivity index (χ0) is 17.9. The number of aromatic amines is 1. The van der Waals surface area contributed by atoms with Gasteiger partial charge in [0.15, 0.2) is 0 Å². The molecule has 0 spiro atoms. The highest BCUT2D eigenvalue weighted by Gasteiger charge is 2.14. The molecular formula is C20H19N3O3. The molecule has 0 amide bonds. The molecule has 2 heterocycles. The second-order valence-corrected chi connectivity index (χ2v) is 6.15. The Kier molecular flexibility index (Phi) is 4.51. The third-order valence-corrected chi connectivity index (χ3v) is 4.42. The van der Waals surface area contributed by atoms with E-state index in [9.17, 15) is 9.90 Å². The number of rotatable bonds is 6. The molecular weight excluding hydrogens is 330 g/mol. The van der Waals surface area contributed by atoms with Crippen molar-refractivity contribution >= 4 is 22.1 Å². The fraction of sp³-hybridized carbons (Fsp3) is 0.200. The summed E-state index contributed by atoms with van der Waals surface area (Å²) in [5.41, 5.74) is 2.25. The van der Waals surface area contributed by atoms with Gasteiger partial charge in [0.25, 0.3) is 5.56 Å². The lowest BCUT2D eigenvalue weighted by atomic mass is 10.0. The van der Waals surface area contributed by atoms with Crippen LogP contribution in [0.15, 0.2) is 63.8 Å². The van der Waals surface area contributed by atoms with Gasteiger partial charge in [0.05, 0.1) is 6.54 Å². The van der Waals surface area contributed by atoms with Crippen molar-refractivity contribution in [3.63, 3.8) is 0 Å². The number of nitrogens with one attached hydrogen (secondary N) is 2. The van der Waals surface area contributed by atoms with E-state index < -0.39 is 0 Å². The van der Waals surface area contributed by atoms with Crippen LogP contribution in [0.3, 0.4) is 0 Å². The van der Waals surface area contributed by atoms with Gasteiger partial charge in [-0.15, -0.1) is 0 Å². The first-order valence-electron chi connectivity index (χ1n) is 8.56. The molecule has 0 aliphatic carbocycles. The van der Waals surface area contributed by atoms with Crippen molar-refractivity contribution < 1.29 is 9.52 Å². The number of aromatic nitrogens is 2.